The van der Waals surface area contributed by atoms with Crippen LogP contribution >= 0.6 is 0 Å². The second-order valence-corrected chi connectivity index (χ2v) is 2.87. The topological polar surface area (TPSA) is 26.3 Å². The van der Waals surface area contributed by atoms with E-state index >= 15 is 0 Å². The maximum atomic E-state index is 10.4. The van der Waals surface area contributed by atoms with Crippen molar-refractivity contribution >= 4 is 5.97 Å². The summed E-state index contributed by atoms with van der Waals surface area (Å²) in [7, 11) is 0. The summed E-state index contributed by atoms with van der Waals surface area (Å²) in [5.74, 6) is 0.541. The van der Waals surface area contributed by atoms with E-state index in [0.29, 0.717) is 18.4 Å². The minimum atomic E-state index is -0.215. The molecule has 0 heterocycles. The van der Waals surface area contributed by atoms with Crippen molar-refractivity contribution in [2.75, 3.05) is 6.61 Å². The highest BCUT2D eigenvalue weighted by molar-refractivity contribution is 5.65. The highest BCUT2D eigenvalue weighted by atomic mass is 16.5. The van der Waals surface area contributed by atoms with Gasteiger partial charge < -0.3 is 4.74 Å². The molecule has 0 aromatic heterocycles. The Morgan fingerprint density at radius 3 is 2.55 bits per heavy atom. The van der Waals surface area contributed by atoms with Crippen molar-refractivity contribution in [3.05, 3.63) is 12.7 Å². The fraction of sp³-hybridized carbons (Fsp3) is 0.667. The maximum absolute atomic E-state index is 10.4. The molecule has 0 amide bonds. The Morgan fingerprint density at radius 2 is 2.18 bits per heavy atom. The van der Waals surface area contributed by atoms with E-state index in [2.05, 4.69) is 13.5 Å². The molecule has 0 saturated carbocycles. The van der Waals surface area contributed by atoms with Gasteiger partial charge in [0.1, 0.15) is 0 Å². The van der Waals surface area contributed by atoms with Crippen molar-refractivity contribution in [3.63, 3.8) is 0 Å². The molecule has 0 radical (unpaired) electrons. The predicted octanol–water partition coefficient (Wildman–Crippen LogP) is 2.01. The molecule has 0 aromatic carbocycles. The Kier molecular flexibility index (Phi) is 4.59. The van der Waals surface area contributed by atoms with Crippen LogP contribution in [0, 0.1) is 11.8 Å². The van der Waals surface area contributed by atoms with Gasteiger partial charge in [-0.25, -0.2) is 0 Å². The molecule has 0 bridgehead atoms. The summed E-state index contributed by atoms with van der Waals surface area (Å²) in [4.78, 5) is 10.4. The Hall–Kier alpha value is -0.790. The van der Waals surface area contributed by atoms with Crippen molar-refractivity contribution in [3.8, 4) is 0 Å². The first-order chi connectivity index (χ1) is 5.07. The van der Waals surface area contributed by atoms with Crippen LogP contribution in [0.3, 0.4) is 0 Å². The number of hydrogen-bond acceptors (Lipinski definition) is 2. The molecule has 64 valence electrons. The molecule has 2 atom stereocenters. The summed E-state index contributed by atoms with van der Waals surface area (Å²) in [6, 6.07) is 0. The average Bonchev–Trinajstić information content (AvgIpc) is 1.98. The lowest BCUT2D eigenvalue weighted by Gasteiger charge is -2.15. The van der Waals surface area contributed by atoms with Gasteiger partial charge in [-0.3, -0.25) is 4.79 Å². The van der Waals surface area contributed by atoms with Crippen LogP contribution in [0.1, 0.15) is 20.8 Å². The molecule has 0 N–H and O–H groups in total. The molecular formula is C9H16O2. The van der Waals surface area contributed by atoms with Gasteiger partial charge >= 0.3 is 5.97 Å². The molecule has 0 aromatic rings. The molecule has 0 aliphatic carbocycles. The monoisotopic (exact) mass is 156 g/mol. The summed E-state index contributed by atoms with van der Waals surface area (Å²) in [5, 5.41) is 0. The first-order valence-electron chi connectivity index (χ1n) is 3.83. The van der Waals surface area contributed by atoms with Crippen LogP contribution < -0.4 is 0 Å². The molecule has 0 aliphatic heterocycles. The molecule has 2 nitrogen and oxygen atoms in total. The van der Waals surface area contributed by atoms with Crippen LogP contribution in [0.5, 0.6) is 0 Å². The Balaban J connectivity index is 3.59. The minimum Gasteiger partial charge on any atom is -0.466 e. The predicted molar refractivity (Wildman–Crippen MR) is 45.2 cm³/mol. The molecule has 2 heteroatoms. The molecule has 0 rings (SSSR count). The van der Waals surface area contributed by atoms with Gasteiger partial charge in [0.15, 0.2) is 0 Å². The zero-order valence-corrected chi connectivity index (χ0v) is 7.46. The van der Waals surface area contributed by atoms with E-state index in [1.165, 1.54) is 6.92 Å². The van der Waals surface area contributed by atoms with Crippen LogP contribution in [0.25, 0.3) is 0 Å². The number of carbonyl (C=O) groups excluding carboxylic acids is 1. The van der Waals surface area contributed by atoms with Gasteiger partial charge in [-0.15, -0.1) is 6.58 Å². The highest BCUT2D eigenvalue weighted by Gasteiger charge is 2.09. The van der Waals surface area contributed by atoms with Crippen molar-refractivity contribution in [1.29, 1.82) is 0 Å². The molecule has 11 heavy (non-hydrogen) atoms. The zero-order chi connectivity index (χ0) is 8.85. The van der Waals surface area contributed by atoms with E-state index in [-0.39, 0.29) is 5.97 Å². The molecular weight excluding hydrogens is 140 g/mol. The lowest BCUT2D eigenvalue weighted by atomic mass is 9.97. The van der Waals surface area contributed by atoms with Gasteiger partial charge in [-0.2, -0.15) is 0 Å². The normalized spacial score (nSPS) is 15.2. The SMILES string of the molecule is C=C[C@@H](C)[C@@H](C)COC(C)=O. The smallest absolute Gasteiger partial charge is 0.302 e. The number of rotatable bonds is 4. The van der Waals surface area contributed by atoms with Crippen molar-refractivity contribution in [2.24, 2.45) is 11.8 Å². The van der Waals surface area contributed by atoms with Gasteiger partial charge in [0.2, 0.25) is 0 Å². The minimum absolute atomic E-state index is 0.215. The van der Waals surface area contributed by atoms with Crippen molar-refractivity contribution in [2.45, 2.75) is 20.8 Å². The van der Waals surface area contributed by atoms with E-state index in [9.17, 15) is 4.79 Å². The van der Waals surface area contributed by atoms with E-state index < -0.39 is 0 Å². The summed E-state index contributed by atoms with van der Waals surface area (Å²) < 4.78 is 4.84. The third-order valence-electron chi connectivity index (χ3n) is 1.82. The van der Waals surface area contributed by atoms with E-state index in [4.69, 9.17) is 4.74 Å². The van der Waals surface area contributed by atoms with Crippen LogP contribution in [-0.2, 0) is 9.53 Å². The molecule has 0 aliphatic rings. The second kappa shape index (κ2) is 4.94. The third-order valence-corrected chi connectivity index (χ3v) is 1.82. The highest BCUT2D eigenvalue weighted by Crippen LogP contribution is 2.11. The van der Waals surface area contributed by atoms with Crippen LogP contribution in [0.4, 0.5) is 0 Å². The first kappa shape index (κ1) is 10.2. The van der Waals surface area contributed by atoms with E-state index in [0.717, 1.165) is 0 Å². The van der Waals surface area contributed by atoms with Crippen molar-refractivity contribution < 1.29 is 9.53 Å². The van der Waals surface area contributed by atoms with Gasteiger partial charge in [-0.05, 0) is 11.8 Å². The standard InChI is InChI=1S/C9H16O2/c1-5-7(2)8(3)6-11-9(4)10/h5,7-8H,1,6H2,2-4H3/t7-,8+/m1/s1. The Morgan fingerprint density at radius 1 is 1.64 bits per heavy atom. The second-order valence-electron chi connectivity index (χ2n) is 2.87. The number of allylic oxidation sites excluding steroid dienone is 1. The summed E-state index contributed by atoms with van der Waals surface area (Å²) in [5.41, 5.74) is 0. The quantitative estimate of drug-likeness (QED) is 0.459. The van der Waals surface area contributed by atoms with Gasteiger partial charge in [0.05, 0.1) is 6.61 Å². The van der Waals surface area contributed by atoms with Crippen LogP contribution in [0.15, 0.2) is 12.7 Å². The zero-order valence-electron chi connectivity index (χ0n) is 7.46. The van der Waals surface area contributed by atoms with Crippen molar-refractivity contribution in [1.82, 2.24) is 0 Å². The van der Waals surface area contributed by atoms with E-state index in [1.54, 1.807) is 0 Å². The van der Waals surface area contributed by atoms with Gasteiger partial charge in [-0.1, -0.05) is 19.9 Å². The first-order valence-corrected chi connectivity index (χ1v) is 3.83. The lowest BCUT2D eigenvalue weighted by molar-refractivity contribution is -0.142. The fourth-order valence-corrected chi connectivity index (χ4v) is 0.633. The average molecular weight is 156 g/mol. The summed E-state index contributed by atoms with van der Waals surface area (Å²) >= 11 is 0. The summed E-state index contributed by atoms with van der Waals surface area (Å²) in [6.45, 7) is 9.67. The lowest BCUT2D eigenvalue weighted by Crippen LogP contribution is -2.14. The largest absolute Gasteiger partial charge is 0.466 e. The van der Waals surface area contributed by atoms with Gasteiger partial charge in [0.25, 0.3) is 0 Å². The van der Waals surface area contributed by atoms with Gasteiger partial charge in [0, 0.05) is 6.92 Å². The number of esters is 1. The van der Waals surface area contributed by atoms with Crippen LogP contribution in [-0.4, -0.2) is 12.6 Å². The molecule has 0 spiro atoms. The van der Waals surface area contributed by atoms with E-state index in [1.807, 2.05) is 13.0 Å². The molecule has 0 saturated heterocycles. The summed E-state index contributed by atoms with van der Waals surface area (Å²) in [6.07, 6.45) is 1.87. The third kappa shape index (κ3) is 4.59. The maximum Gasteiger partial charge on any atom is 0.302 e. The number of ether oxygens (including phenoxy) is 1. The Labute approximate surface area is 68.2 Å². The Bertz CT molecular complexity index is 140. The number of carbonyl (C=O) groups is 1. The molecule has 0 fully saturated rings. The molecule has 0 unspecified atom stereocenters. The number of hydrogen-bond donors (Lipinski definition) is 0. The fourth-order valence-electron chi connectivity index (χ4n) is 0.633. The van der Waals surface area contributed by atoms with Crippen LogP contribution in [0.2, 0.25) is 0 Å².